The Hall–Kier alpha value is -2.04. The molecule has 0 saturated carbocycles. The molecule has 22 heavy (non-hydrogen) atoms. The molecule has 2 aromatic heterocycles. The van der Waals surface area contributed by atoms with E-state index in [4.69, 9.17) is 23.2 Å². The first kappa shape index (κ1) is 14.9. The van der Waals surface area contributed by atoms with Gasteiger partial charge in [0, 0.05) is 35.2 Å². The van der Waals surface area contributed by atoms with Gasteiger partial charge in [0.2, 0.25) is 0 Å². The van der Waals surface area contributed by atoms with Gasteiger partial charge in [-0.05, 0) is 36.2 Å². The number of benzene rings is 1. The fraction of sp³-hybridized carbons (Fsp3) is 0.125. The number of halogens is 2. The zero-order valence-electron chi connectivity index (χ0n) is 11.6. The van der Waals surface area contributed by atoms with Crippen molar-refractivity contribution in [1.29, 1.82) is 0 Å². The van der Waals surface area contributed by atoms with E-state index in [2.05, 4.69) is 10.3 Å². The summed E-state index contributed by atoms with van der Waals surface area (Å²) < 4.78 is 1.81. The van der Waals surface area contributed by atoms with E-state index in [9.17, 15) is 4.79 Å². The molecule has 0 aliphatic rings. The molecule has 0 atom stereocenters. The van der Waals surface area contributed by atoms with Gasteiger partial charge in [0.05, 0.1) is 5.56 Å². The van der Waals surface area contributed by atoms with Gasteiger partial charge in [-0.2, -0.15) is 0 Å². The van der Waals surface area contributed by atoms with Crippen LogP contribution in [0.3, 0.4) is 0 Å². The number of nitrogens with zero attached hydrogens (tertiary/aromatic N) is 2. The quantitative estimate of drug-likeness (QED) is 0.792. The van der Waals surface area contributed by atoms with E-state index in [1.54, 1.807) is 36.8 Å². The Morgan fingerprint density at radius 1 is 1.23 bits per heavy atom. The van der Waals surface area contributed by atoms with Crippen molar-refractivity contribution < 1.29 is 4.79 Å². The highest BCUT2D eigenvalue weighted by Crippen LogP contribution is 2.21. The summed E-state index contributed by atoms with van der Waals surface area (Å²) in [6.07, 6.45) is 5.90. The first-order valence-electron chi connectivity index (χ1n) is 6.78. The molecule has 4 nitrogen and oxygen atoms in total. The number of hydrogen-bond acceptors (Lipinski definition) is 2. The SMILES string of the molecule is O=C(NCCc1ccc(Cl)cc1Cl)c1ccc2nccn2c1. The Labute approximate surface area is 137 Å². The van der Waals surface area contributed by atoms with E-state index in [-0.39, 0.29) is 5.91 Å². The summed E-state index contributed by atoms with van der Waals surface area (Å²) in [5.41, 5.74) is 2.36. The molecule has 0 fully saturated rings. The van der Waals surface area contributed by atoms with Gasteiger partial charge in [-0.15, -0.1) is 0 Å². The van der Waals surface area contributed by atoms with Gasteiger partial charge in [-0.1, -0.05) is 29.3 Å². The topological polar surface area (TPSA) is 46.4 Å². The molecule has 0 bridgehead atoms. The van der Waals surface area contributed by atoms with Crippen LogP contribution in [0, 0.1) is 0 Å². The molecule has 1 amide bonds. The van der Waals surface area contributed by atoms with Crippen molar-refractivity contribution in [1.82, 2.24) is 14.7 Å². The van der Waals surface area contributed by atoms with Crippen molar-refractivity contribution in [3.63, 3.8) is 0 Å². The monoisotopic (exact) mass is 333 g/mol. The number of fused-ring (bicyclic) bond motifs is 1. The highest BCUT2D eigenvalue weighted by molar-refractivity contribution is 6.35. The molecule has 0 radical (unpaired) electrons. The van der Waals surface area contributed by atoms with Crippen molar-refractivity contribution in [2.24, 2.45) is 0 Å². The Bertz CT molecular complexity index is 829. The summed E-state index contributed by atoms with van der Waals surface area (Å²) in [6.45, 7) is 0.502. The van der Waals surface area contributed by atoms with E-state index in [0.717, 1.165) is 11.2 Å². The fourth-order valence-electron chi connectivity index (χ4n) is 2.19. The fourth-order valence-corrected chi connectivity index (χ4v) is 2.69. The van der Waals surface area contributed by atoms with Gasteiger partial charge in [0.25, 0.3) is 5.91 Å². The number of hydrogen-bond donors (Lipinski definition) is 1. The molecular weight excluding hydrogens is 321 g/mol. The number of carbonyl (C=O) groups excluding carboxylic acids is 1. The predicted molar refractivity (Wildman–Crippen MR) is 87.7 cm³/mol. The number of aromatic nitrogens is 2. The Kier molecular flexibility index (Phi) is 4.32. The number of carbonyl (C=O) groups is 1. The molecular formula is C16H13Cl2N3O. The van der Waals surface area contributed by atoms with E-state index in [1.807, 2.05) is 16.5 Å². The number of amides is 1. The predicted octanol–water partition coefficient (Wildman–Crippen LogP) is 3.61. The smallest absolute Gasteiger partial charge is 0.252 e. The molecule has 0 unspecified atom stereocenters. The normalized spacial score (nSPS) is 10.8. The molecule has 112 valence electrons. The first-order valence-corrected chi connectivity index (χ1v) is 7.54. The molecule has 1 aromatic carbocycles. The molecule has 3 rings (SSSR count). The van der Waals surface area contributed by atoms with Crippen LogP contribution in [0.1, 0.15) is 15.9 Å². The average molecular weight is 334 g/mol. The third kappa shape index (κ3) is 3.24. The van der Waals surface area contributed by atoms with Crippen molar-refractivity contribution in [2.75, 3.05) is 6.54 Å². The number of pyridine rings is 1. The molecule has 0 spiro atoms. The molecule has 0 aliphatic heterocycles. The lowest BCUT2D eigenvalue weighted by Gasteiger charge is -2.07. The van der Waals surface area contributed by atoms with Crippen LogP contribution >= 0.6 is 23.2 Å². The lowest BCUT2D eigenvalue weighted by Crippen LogP contribution is -2.26. The average Bonchev–Trinajstić information content (AvgIpc) is 2.96. The van der Waals surface area contributed by atoms with Gasteiger partial charge in [-0.25, -0.2) is 4.98 Å². The van der Waals surface area contributed by atoms with E-state index in [0.29, 0.717) is 28.6 Å². The van der Waals surface area contributed by atoms with Gasteiger partial charge in [0.15, 0.2) is 0 Å². The second-order valence-corrected chi connectivity index (χ2v) is 5.70. The number of imidazole rings is 1. The van der Waals surface area contributed by atoms with Crippen LogP contribution < -0.4 is 5.32 Å². The largest absolute Gasteiger partial charge is 0.352 e. The van der Waals surface area contributed by atoms with Crippen LogP contribution in [0.15, 0.2) is 48.9 Å². The van der Waals surface area contributed by atoms with Crippen LogP contribution in [-0.4, -0.2) is 21.8 Å². The summed E-state index contributed by atoms with van der Waals surface area (Å²) in [5.74, 6) is -0.124. The van der Waals surface area contributed by atoms with Gasteiger partial charge >= 0.3 is 0 Å². The Morgan fingerprint density at radius 2 is 2.09 bits per heavy atom. The summed E-state index contributed by atoms with van der Waals surface area (Å²) in [7, 11) is 0. The summed E-state index contributed by atoms with van der Waals surface area (Å²) >= 11 is 12.0. The highest BCUT2D eigenvalue weighted by Gasteiger charge is 2.07. The minimum atomic E-state index is -0.124. The standard InChI is InChI=1S/C16H13Cl2N3O/c17-13-3-1-11(14(18)9-13)5-6-20-16(22)12-2-4-15-19-7-8-21(15)10-12/h1-4,7-10H,5-6H2,(H,20,22). The van der Waals surface area contributed by atoms with Crippen LogP contribution in [-0.2, 0) is 6.42 Å². The van der Waals surface area contributed by atoms with Gasteiger partial charge < -0.3 is 9.72 Å². The third-order valence-electron chi connectivity index (χ3n) is 3.35. The van der Waals surface area contributed by atoms with Gasteiger partial charge in [0.1, 0.15) is 5.65 Å². The van der Waals surface area contributed by atoms with E-state index < -0.39 is 0 Å². The zero-order chi connectivity index (χ0) is 15.5. The Balaban J connectivity index is 1.62. The number of nitrogens with one attached hydrogen (secondary N) is 1. The maximum absolute atomic E-state index is 12.1. The van der Waals surface area contributed by atoms with Crippen LogP contribution in [0.4, 0.5) is 0 Å². The summed E-state index contributed by atoms with van der Waals surface area (Å²) in [4.78, 5) is 16.3. The summed E-state index contributed by atoms with van der Waals surface area (Å²) in [6, 6.07) is 8.93. The molecule has 2 heterocycles. The van der Waals surface area contributed by atoms with Crippen LogP contribution in [0.2, 0.25) is 10.0 Å². The maximum Gasteiger partial charge on any atom is 0.252 e. The zero-order valence-corrected chi connectivity index (χ0v) is 13.1. The number of rotatable bonds is 4. The minimum Gasteiger partial charge on any atom is -0.352 e. The highest BCUT2D eigenvalue weighted by atomic mass is 35.5. The van der Waals surface area contributed by atoms with Crippen molar-refractivity contribution >= 4 is 34.8 Å². The van der Waals surface area contributed by atoms with Crippen molar-refractivity contribution in [3.8, 4) is 0 Å². The second-order valence-electron chi connectivity index (χ2n) is 4.85. The Morgan fingerprint density at radius 3 is 2.91 bits per heavy atom. The third-order valence-corrected chi connectivity index (χ3v) is 3.93. The minimum absolute atomic E-state index is 0.124. The van der Waals surface area contributed by atoms with Gasteiger partial charge in [-0.3, -0.25) is 4.79 Å². The molecule has 3 aromatic rings. The molecule has 6 heteroatoms. The van der Waals surface area contributed by atoms with E-state index >= 15 is 0 Å². The van der Waals surface area contributed by atoms with Crippen LogP contribution in [0.5, 0.6) is 0 Å². The first-order chi connectivity index (χ1) is 10.6. The second kappa shape index (κ2) is 6.38. The van der Waals surface area contributed by atoms with E-state index in [1.165, 1.54) is 0 Å². The lowest BCUT2D eigenvalue weighted by atomic mass is 10.1. The summed E-state index contributed by atoms with van der Waals surface area (Å²) in [5, 5.41) is 4.10. The van der Waals surface area contributed by atoms with Crippen LogP contribution in [0.25, 0.3) is 5.65 Å². The van der Waals surface area contributed by atoms with Crippen molar-refractivity contribution in [3.05, 3.63) is 70.1 Å². The van der Waals surface area contributed by atoms with Crippen molar-refractivity contribution in [2.45, 2.75) is 6.42 Å². The molecule has 0 aliphatic carbocycles. The molecule has 1 N–H and O–H groups in total. The molecule has 0 saturated heterocycles. The lowest BCUT2D eigenvalue weighted by molar-refractivity contribution is 0.0953. The maximum atomic E-state index is 12.1.